The number of nitro groups is 1. The third kappa shape index (κ3) is 3.55. The van der Waals surface area contributed by atoms with E-state index in [-0.39, 0.29) is 29.2 Å². The van der Waals surface area contributed by atoms with Gasteiger partial charge in [-0.05, 0) is 23.8 Å². The number of ketones is 1. The molecule has 2 rings (SSSR count). The van der Waals surface area contributed by atoms with Crippen LogP contribution < -0.4 is 4.74 Å². The average molecular weight is 307 g/mol. The second-order valence-corrected chi connectivity index (χ2v) is 4.62. The summed E-state index contributed by atoms with van der Waals surface area (Å²) in [6, 6.07) is 7.39. The first kappa shape index (κ1) is 14.9. The van der Waals surface area contributed by atoms with Gasteiger partial charge in [-0.15, -0.1) is 0 Å². The molecule has 108 valence electrons. The number of pyridine rings is 1. The number of hydrogen-bond acceptors (Lipinski definition) is 5. The van der Waals surface area contributed by atoms with Gasteiger partial charge in [0.1, 0.15) is 5.15 Å². The molecule has 0 atom stereocenters. The van der Waals surface area contributed by atoms with Gasteiger partial charge in [-0.25, -0.2) is 4.98 Å². The molecule has 0 aliphatic rings. The Balaban J connectivity index is 2.25. The van der Waals surface area contributed by atoms with E-state index in [2.05, 4.69) is 4.98 Å². The van der Waals surface area contributed by atoms with Crippen molar-refractivity contribution in [1.29, 1.82) is 0 Å². The van der Waals surface area contributed by atoms with Crippen LogP contribution in [0.3, 0.4) is 0 Å². The Morgan fingerprint density at radius 1 is 1.38 bits per heavy atom. The summed E-state index contributed by atoms with van der Waals surface area (Å²) >= 11 is 5.67. The van der Waals surface area contributed by atoms with Crippen molar-refractivity contribution in [3.05, 3.63) is 62.9 Å². The van der Waals surface area contributed by atoms with Crippen molar-refractivity contribution < 1.29 is 14.5 Å². The largest absolute Gasteiger partial charge is 0.490 e. The molecule has 0 radical (unpaired) electrons. The predicted octanol–water partition coefficient (Wildman–Crippen LogP) is 3.08. The lowest BCUT2D eigenvalue weighted by Gasteiger charge is -2.05. The minimum atomic E-state index is -0.584. The number of Topliss-reactive ketones (excluding diaryl/α,β-unsaturated/α-hetero) is 1. The molecule has 1 aromatic heterocycles. The van der Waals surface area contributed by atoms with Crippen molar-refractivity contribution in [1.82, 2.24) is 4.98 Å². The molecule has 0 aliphatic carbocycles. The van der Waals surface area contributed by atoms with Crippen LogP contribution in [0.25, 0.3) is 0 Å². The van der Waals surface area contributed by atoms with E-state index in [1.807, 2.05) is 0 Å². The van der Waals surface area contributed by atoms with E-state index in [9.17, 15) is 14.9 Å². The topological polar surface area (TPSA) is 82.3 Å². The highest BCUT2D eigenvalue weighted by atomic mass is 35.5. The van der Waals surface area contributed by atoms with Crippen LogP contribution in [0.5, 0.6) is 5.75 Å². The molecule has 0 saturated heterocycles. The molecule has 2 aromatic rings. The number of rotatable bonds is 5. The number of carbonyl (C=O) groups is 1. The molecule has 6 nitrogen and oxygen atoms in total. The highest BCUT2D eigenvalue weighted by Crippen LogP contribution is 2.28. The summed E-state index contributed by atoms with van der Waals surface area (Å²) < 4.78 is 4.90. The molecule has 7 heteroatoms. The fourth-order valence-electron chi connectivity index (χ4n) is 1.80. The quantitative estimate of drug-likeness (QED) is 0.367. The van der Waals surface area contributed by atoms with Gasteiger partial charge in [0, 0.05) is 24.2 Å². The number of nitrogens with zero attached hydrogens (tertiary/aromatic N) is 2. The van der Waals surface area contributed by atoms with E-state index in [1.165, 1.54) is 31.5 Å². The normalized spacial score (nSPS) is 10.2. The minimum Gasteiger partial charge on any atom is -0.490 e. The molecule has 0 N–H and O–H groups in total. The van der Waals surface area contributed by atoms with Crippen LogP contribution in [0.2, 0.25) is 5.15 Å². The molecule has 1 heterocycles. The molecule has 0 fully saturated rings. The van der Waals surface area contributed by atoms with Crippen LogP contribution >= 0.6 is 11.6 Å². The number of ether oxygens (including phenoxy) is 1. The number of nitro benzene ring substituents is 1. The zero-order valence-corrected chi connectivity index (χ0v) is 11.8. The van der Waals surface area contributed by atoms with Crippen LogP contribution in [0.4, 0.5) is 5.69 Å². The minimum absolute atomic E-state index is 0.0909. The predicted molar refractivity (Wildman–Crippen MR) is 76.9 cm³/mol. The molecule has 0 unspecified atom stereocenters. The van der Waals surface area contributed by atoms with Gasteiger partial charge in [-0.3, -0.25) is 14.9 Å². The van der Waals surface area contributed by atoms with Gasteiger partial charge in [-0.1, -0.05) is 17.7 Å². The third-order valence-corrected chi connectivity index (χ3v) is 3.07. The van der Waals surface area contributed by atoms with Crippen LogP contribution in [-0.2, 0) is 6.42 Å². The van der Waals surface area contributed by atoms with Gasteiger partial charge in [0.15, 0.2) is 11.5 Å². The number of benzene rings is 1. The van der Waals surface area contributed by atoms with Crippen LogP contribution in [0.15, 0.2) is 36.5 Å². The van der Waals surface area contributed by atoms with Gasteiger partial charge in [0.05, 0.1) is 12.0 Å². The standard InChI is InChI=1S/C14H11ClN2O4/c1-21-13-4-3-10(7-11(13)17(19)20)12(18)6-9-2-5-14(15)16-8-9/h2-5,7-8H,6H2,1H3. The zero-order valence-electron chi connectivity index (χ0n) is 11.1. The first-order valence-electron chi connectivity index (χ1n) is 5.97. The monoisotopic (exact) mass is 306 g/mol. The van der Waals surface area contributed by atoms with Crippen molar-refractivity contribution in [3.63, 3.8) is 0 Å². The van der Waals surface area contributed by atoms with Gasteiger partial charge in [-0.2, -0.15) is 0 Å². The summed E-state index contributed by atoms with van der Waals surface area (Å²) in [7, 11) is 1.34. The second-order valence-electron chi connectivity index (χ2n) is 4.23. The zero-order chi connectivity index (χ0) is 15.4. The van der Waals surface area contributed by atoms with Gasteiger partial charge in [0.2, 0.25) is 0 Å². The van der Waals surface area contributed by atoms with E-state index >= 15 is 0 Å². The Hall–Kier alpha value is -2.47. The molecule has 0 amide bonds. The van der Waals surface area contributed by atoms with Crippen molar-refractivity contribution in [2.45, 2.75) is 6.42 Å². The van der Waals surface area contributed by atoms with Crippen LogP contribution in [0, 0.1) is 10.1 Å². The Kier molecular flexibility index (Phi) is 4.49. The Bertz CT molecular complexity index is 686. The first-order valence-corrected chi connectivity index (χ1v) is 6.35. The lowest BCUT2D eigenvalue weighted by Crippen LogP contribution is -2.05. The van der Waals surface area contributed by atoms with Crippen LogP contribution in [0.1, 0.15) is 15.9 Å². The second kappa shape index (κ2) is 6.32. The molecule has 21 heavy (non-hydrogen) atoms. The molecular weight excluding hydrogens is 296 g/mol. The van der Waals surface area contributed by atoms with E-state index in [1.54, 1.807) is 12.1 Å². The van der Waals surface area contributed by atoms with Gasteiger partial charge < -0.3 is 4.74 Å². The lowest BCUT2D eigenvalue weighted by molar-refractivity contribution is -0.385. The van der Waals surface area contributed by atoms with Crippen LogP contribution in [-0.4, -0.2) is 22.8 Å². The number of carbonyl (C=O) groups excluding carboxylic acids is 1. The molecule has 0 saturated carbocycles. The van der Waals surface area contributed by atoms with E-state index in [4.69, 9.17) is 16.3 Å². The third-order valence-electron chi connectivity index (χ3n) is 2.85. The molecule has 0 aliphatic heterocycles. The highest BCUT2D eigenvalue weighted by Gasteiger charge is 2.18. The summed E-state index contributed by atoms with van der Waals surface area (Å²) in [5, 5.41) is 11.3. The summed E-state index contributed by atoms with van der Waals surface area (Å²) in [5.41, 5.74) is 0.693. The average Bonchev–Trinajstić information content (AvgIpc) is 2.48. The lowest BCUT2D eigenvalue weighted by atomic mass is 10.0. The highest BCUT2D eigenvalue weighted by molar-refractivity contribution is 6.29. The Labute approximate surface area is 125 Å². The molecule has 0 spiro atoms. The maximum absolute atomic E-state index is 12.1. The summed E-state index contributed by atoms with van der Waals surface area (Å²) in [6.45, 7) is 0. The summed E-state index contributed by atoms with van der Waals surface area (Å²) in [6.07, 6.45) is 1.59. The number of hydrogen-bond donors (Lipinski definition) is 0. The summed E-state index contributed by atoms with van der Waals surface area (Å²) in [5.74, 6) is -0.130. The Morgan fingerprint density at radius 3 is 2.71 bits per heavy atom. The smallest absolute Gasteiger partial charge is 0.311 e. The van der Waals surface area contributed by atoms with E-state index in [0.717, 1.165) is 0 Å². The molecule has 0 bridgehead atoms. The maximum Gasteiger partial charge on any atom is 0.311 e. The number of methoxy groups -OCH3 is 1. The number of aromatic nitrogens is 1. The maximum atomic E-state index is 12.1. The van der Waals surface area contributed by atoms with Crippen molar-refractivity contribution in [2.75, 3.05) is 7.11 Å². The van der Waals surface area contributed by atoms with Crippen molar-refractivity contribution >= 4 is 23.1 Å². The van der Waals surface area contributed by atoms with Crippen molar-refractivity contribution in [2.24, 2.45) is 0 Å². The Morgan fingerprint density at radius 2 is 2.14 bits per heavy atom. The SMILES string of the molecule is COc1ccc(C(=O)Cc2ccc(Cl)nc2)cc1[N+](=O)[O-]. The number of halogens is 1. The van der Waals surface area contributed by atoms with Crippen molar-refractivity contribution in [3.8, 4) is 5.75 Å². The van der Waals surface area contributed by atoms with E-state index < -0.39 is 4.92 Å². The summed E-state index contributed by atoms with van der Waals surface area (Å²) in [4.78, 5) is 26.4. The fourth-order valence-corrected chi connectivity index (χ4v) is 1.92. The fraction of sp³-hybridized carbons (Fsp3) is 0.143. The van der Waals surface area contributed by atoms with Gasteiger partial charge >= 0.3 is 5.69 Å². The van der Waals surface area contributed by atoms with E-state index in [0.29, 0.717) is 10.7 Å². The first-order chi connectivity index (χ1) is 10.0. The molecular formula is C14H11ClN2O4. The van der Waals surface area contributed by atoms with Gasteiger partial charge in [0.25, 0.3) is 0 Å². The molecule has 1 aromatic carbocycles.